The fourth-order valence-corrected chi connectivity index (χ4v) is 7.22. The molecule has 0 fully saturated rings. The van der Waals surface area contributed by atoms with Crippen molar-refractivity contribution in [2.45, 2.75) is 62.7 Å². The fraction of sp³-hybridized carbons (Fsp3) is 0.282. The number of sulfonamides is 1. The summed E-state index contributed by atoms with van der Waals surface area (Å²) in [6.07, 6.45) is 1.34. The Morgan fingerprint density at radius 2 is 1.60 bits per heavy atom. The first kappa shape index (κ1) is 39.1. The van der Waals surface area contributed by atoms with Crippen LogP contribution in [-0.2, 0) is 53.3 Å². The Morgan fingerprint density at radius 3 is 2.26 bits per heavy atom. The van der Waals surface area contributed by atoms with Gasteiger partial charge < -0.3 is 19.7 Å². The van der Waals surface area contributed by atoms with Crippen LogP contribution in [0.3, 0.4) is 0 Å². The van der Waals surface area contributed by atoms with Gasteiger partial charge in [-0.25, -0.2) is 18.4 Å². The average Bonchev–Trinajstić information content (AvgIpc) is 3.15. The van der Waals surface area contributed by atoms with Gasteiger partial charge in [0.2, 0.25) is 15.9 Å². The third kappa shape index (κ3) is 10.1. The van der Waals surface area contributed by atoms with Gasteiger partial charge in [-0.05, 0) is 85.7 Å². The molecule has 4 N–H and O–H groups in total. The molecule has 0 aliphatic carbocycles. The number of halogens is 1. The minimum atomic E-state index is -4.20. The zero-order valence-corrected chi connectivity index (χ0v) is 30.9. The lowest BCUT2D eigenvalue weighted by atomic mass is 9.91. The van der Waals surface area contributed by atoms with E-state index in [1.807, 2.05) is 60.7 Å². The number of fused-ring (bicyclic) bond motifs is 1. The number of nitrogens with two attached hydrogens (primary N) is 1. The van der Waals surface area contributed by atoms with Crippen LogP contribution in [0.4, 0.5) is 5.69 Å². The number of benzene rings is 4. The van der Waals surface area contributed by atoms with Crippen molar-refractivity contribution >= 4 is 51.1 Å². The Bertz CT molecular complexity index is 2060. The van der Waals surface area contributed by atoms with Crippen molar-refractivity contribution in [1.82, 2.24) is 10.2 Å². The summed E-state index contributed by atoms with van der Waals surface area (Å²) in [6.45, 7) is 3.67. The molecule has 5 rings (SSSR count). The van der Waals surface area contributed by atoms with E-state index in [1.165, 1.54) is 17.0 Å². The summed E-state index contributed by atoms with van der Waals surface area (Å²) in [7, 11) is -4.20. The molecule has 1 heterocycles. The van der Waals surface area contributed by atoms with Crippen molar-refractivity contribution in [3.63, 3.8) is 0 Å². The van der Waals surface area contributed by atoms with Crippen molar-refractivity contribution in [2.24, 2.45) is 5.14 Å². The van der Waals surface area contributed by atoms with Gasteiger partial charge in [-0.1, -0.05) is 78.3 Å². The molecule has 0 radical (unpaired) electrons. The third-order valence-electron chi connectivity index (χ3n) is 8.82. The molecule has 0 spiro atoms. The van der Waals surface area contributed by atoms with Gasteiger partial charge in [0.1, 0.15) is 17.5 Å². The van der Waals surface area contributed by atoms with E-state index in [0.29, 0.717) is 24.8 Å². The highest BCUT2D eigenvalue weighted by Gasteiger charge is 2.40. The number of hydrogen-bond donors (Lipinski definition) is 3. The number of carbonyl (C=O) groups is 4. The van der Waals surface area contributed by atoms with Crippen LogP contribution < -0.4 is 15.8 Å². The predicted molar refractivity (Wildman–Crippen MR) is 199 cm³/mol. The normalized spacial score (nSPS) is 15.1. The summed E-state index contributed by atoms with van der Waals surface area (Å²) >= 11 is 6.00. The van der Waals surface area contributed by atoms with E-state index in [4.69, 9.17) is 26.2 Å². The van der Waals surface area contributed by atoms with E-state index in [0.717, 1.165) is 22.8 Å². The summed E-state index contributed by atoms with van der Waals surface area (Å²) in [5.41, 5.74) is 3.26. The van der Waals surface area contributed by atoms with E-state index in [2.05, 4.69) is 10.6 Å². The topological polar surface area (TPSA) is 174 Å². The maximum absolute atomic E-state index is 14.2. The van der Waals surface area contributed by atoms with Crippen molar-refractivity contribution in [1.29, 1.82) is 0 Å². The van der Waals surface area contributed by atoms with Gasteiger partial charge in [-0.2, -0.15) is 0 Å². The summed E-state index contributed by atoms with van der Waals surface area (Å²) < 4.78 is 35.1. The molecular weight excluding hydrogens is 720 g/mol. The van der Waals surface area contributed by atoms with Crippen LogP contribution in [0, 0.1) is 0 Å². The number of ether oxygens (including phenoxy) is 2. The Morgan fingerprint density at radius 1 is 0.925 bits per heavy atom. The number of nitrogens with one attached hydrogen (secondary N) is 2. The minimum Gasteiger partial charge on any atom is -0.465 e. The van der Waals surface area contributed by atoms with Crippen molar-refractivity contribution in [3.05, 3.63) is 130 Å². The smallest absolute Gasteiger partial charge is 0.333 e. The molecule has 1 aliphatic heterocycles. The van der Waals surface area contributed by atoms with Gasteiger partial charge in [-0.15, -0.1) is 0 Å². The molecule has 1 aliphatic rings. The number of aryl methyl sites for hydroxylation is 1. The largest absolute Gasteiger partial charge is 0.465 e. The molecule has 4 aromatic carbocycles. The first-order valence-electron chi connectivity index (χ1n) is 17.1. The molecule has 0 bridgehead atoms. The highest BCUT2D eigenvalue weighted by Crippen LogP contribution is 2.34. The fourth-order valence-electron chi connectivity index (χ4n) is 6.15. The molecule has 0 saturated carbocycles. The van der Waals surface area contributed by atoms with Gasteiger partial charge in [0.05, 0.1) is 17.7 Å². The second-order valence-corrected chi connectivity index (χ2v) is 14.5. The second-order valence-electron chi connectivity index (χ2n) is 12.6. The number of rotatable bonds is 14. The van der Waals surface area contributed by atoms with E-state index in [-0.39, 0.29) is 36.0 Å². The molecule has 4 aromatic rings. The second kappa shape index (κ2) is 17.6. The summed E-state index contributed by atoms with van der Waals surface area (Å²) in [5.74, 6) is -2.25. The lowest BCUT2D eigenvalue weighted by Crippen LogP contribution is -2.54. The summed E-state index contributed by atoms with van der Waals surface area (Å²) in [5, 5.41) is 11.0. The summed E-state index contributed by atoms with van der Waals surface area (Å²) in [4.78, 5) is 55.5. The SMILES string of the molecule is CCOC(=O)[C@H](CCc1ccccc1)N[C@@H](C)C(=O)N1CCc2ccc(NC(=O)c3ccc(Cl)c(S(N)(=O)=O)c3)cc2C1C(=O)OCc1ccccc1. The maximum Gasteiger partial charge on any atom is 0.333 e. The van der Waals surface area contributed by atoms with Crippen LogP contribution in [0.5, 0.6) is 0 Å². The number of anilines is 1. The van der Waals surface area contributed by atoms with Gasteiger partial charge >= 0.3 is 11.9 Å². The molecule has 278 valence electrons. The summed E-state index contributed by atoms with van der Waals surface area (Å²) in [6, 6.07) is 24.6. The molecule has 14 heteroatoms. The predicted octanol–water partition coefficient (Wildman–Crippen LogP) is 4.95. The van der Waals surface area contributed by atoms with Crippen molar-refractivity contribution < 1.29 is 37.1 Å². The van der Waals surface area contributed by atoms with E-state index in [9.17, 15) is 27.6 Å². The van der Waals surface area contributed by atoms with Gasteiger partial charge in [0, 0.05) is 17.8 Å². The monoisotopic (exact) mass is 760 g/mol. The quantitative estimate of drug-likeness (QED) is 0.150. The van der Waals surface area contributed by atoms with Crippen LogP contribution in [0.25, 0.3) is 0 Å². The molecule has 0 saturated heterocycles. The zero-order valence-electron chi connectivity index (χ0n) is 29.3. The van der Waals surface area contributed by atoms with E-state index < -0.39 is 56.8 Å². The average molecular weight is 761 g/mol. The highest BCUT2D eigenvalue weighted by molar-refractivity contribution is 7.89. The first-order chi connectivity index (χ1) is 25.3. The van der Waals surface area contributed by atoms with Crippen LogP contribution in [0.15, 0.2) is 102 Å². The van der Waals surface area contributed by atoms with Crippen molar-refractivity contribution in [3.8, 4) is 0 Å². The highest BCUT2D eigenvalue weighted by atomic mass is 35.5. The minimum absolute atomic E-state index is 0.0184. The molecule has 12 nitrogen and oxygen atoms in total. The van der Waals surface area contributed by atoms with E-state index in [1.54, 1.807) is 32.0 Å². The lowest BCUT2D eigenvalue weighted by Gasteiger charge is -2.38. The molecule has 3 atom stereocenters. The van der Waals surface area contributed by atoms with Crippen LogP contribution in [0.2, 0.25) is 5.02 Å². The van der Waals surface area contributed by atoms with Crippen LogP contribution in [0.1, 0.15) is 58.9 Å². The Balaban J connectivity index is 1.41. The lowest BCUT2D eigenvalue weighted by molar-refractivity contribution is -0.158. The number of primary sulfonamides is 1. The molecule has 0 aromatic heterocycles. The standard InChI is InChI=1S/C39H41ClN4O8S/c1-3-51-38(47)33(19-14-26-10-6-4-7-11-26)42-25(2)37(46)44-21-20-28-15-17-30(43-36(45)29-16-18-32(40)34(22-29)53(41,49)50)23-31(28)35(44)39(48)52-24-27-12-8-5-9-13-27/h4-13,15-18,22-23,25,33,35,42H,3,14,19-21,24H2,1-2H3,(H,43,45)(H2,41,49,50)/t25-,33-,35?/m0/s1. The maximum atomic E-state index is 14.2. The number of nitrogens with zero attached hydrogens (tertiary/aromatic N) is 1. The third-order valence-corrected chi connectivity index (χ3v) is 10.2. The number of amides is 2. The Hall–Kier alpha value is -5.08. The number of carbonyl (C=O) groups excluding carboxylic acids is 4. The van der Waals surface area contributed by atoms with E-state index >= 15 is 0 Å². The van der Waals surface area contributed by atoms with Gasteiger partial charge in [0.15, 0.2) is 6.04 Å². The molecule has 53 heavy (non-hydrogen) atoms. The number of hydrogen-bond acceptors (Lipinski definition) is 9. The Kier molecular flexibility index (Phi) is 13.0. The Labute approximate surface area is 313 Å². The van der Waals surface area contributed by atoms with Crippen molar-refractivity contribution in [2.75, 3.05) is 18.5 Å². The molecule has 1 unspecified atom stereocenters. The zero-order chi connectivity index (χ0) is 38.1. The van der Waals surface area contributed by atoms with Crippen LogP contribution in [-0.4, -0.2) is 62.3 Å². The number of esters is 2. The molecule has 2 amide bonds. The van der Waals surface area contributed by atoms with Crippen LogP contribution >= 0.6 is 11.6 Å². The van der Waals surface area contributed by atoms with Gasteiger partial charge in [0.25, 0.3) is 5.91 Å². The molecular formula is C39H41ClN4O8S. The first-order valence-corrected chi connectivity index (χ1v) is 19.0. The van der Waals surface area contributed by atoms with Gasteiger partial charge in [-0.3, -0.25) is 19.7 Å².